The van der Waals surface area contributed by atoms with Crippen molar-refractivity contribution in [2.75, 3.05) is 18.0 Å². The highest BCUT2D eigenvalue weighted by atomic mass is 16.2. The SMILES string of the molecule is O=C(c1ccc(N2CCCC2)nn1)N(Cc1ccccc1)C1CC1. The molecular formula is C19H22N4O. The van der Waals surface area contributed by atoms with Crippen molar-refractivity contribution in [3.8, 4) is 0 Å². The summed E-state index contributed by atoms with van der Waals surface area (Å²) in [5, 5.41) is 8.49. The Morgan fingerprint density at radius 1 is 1.04 bits per heavy atom. The number of benzene rings is 1. The van der Waals surface area contributed by atoms with E-state index in [9.17, 15) is 4.79 Å². The first-order valence-electron chi connectivity index (χ1n) is 8.75. The van der Waals surface area contributed by atoms with Gasteiger partial charge < -0.3 is 9.80 Å². The number of aromatic nitrogens is 2. The van der Waals surface area contributed by atoms with E-state index in [1.165, 1.54) is 12.8 Å². The van der Waals surface area contributed by atoms with Crippen molar-refractivity contribution in [1.29, 1.82) is 0 Å². The number of hydrogen-bond acceptors (Lipinski definition) is 4. The Balaban J connectivity index is 1.50. The Morgan fingerprint density at radius 3 is 2.42 bits per heavy atom. The molecule has 0 bridgehead atoms. The van der Waals surface area contributed by atoms with Crippen molar-refractivity contribution >= 4 is 11.7 Å². The van der Waals surface area contributed by atoms with Crippen LogP contribution in [0.1, 0.15) is 41.7 Å². The highest BCUT2D eigenvalue weighted by Crippen LogP contribution is 2.29. The van der Waals surface area contributed by atoms with Crippen molar-refractivity contribution < 1.29 is 4.79 Å². The standard InChI is InChI=1S/C19H22N4O/c24-19(17-10-11-18(21-20-17)22-12-4-5-13-22)23(16-8-9-16)14-15-6-2-1-3-7-15/h1-3,6-7,10-11,16H,4-5,8-9,12-14H2. The summed E-state index contributed by atoms with van der Waals surface area (Å²) < 4.78 is 0. The van der Waals surface area contributed by atoms with Crippen molar-refractivity contribution in [3.63, 3.8) is 0 Å². The molecule has 0 N–H and O–H groups in total. The van der Waals surface area contributed by atoms with Gasteiger partial charge in [0.25, 0.3) is 5.91 Å². The fourth-order valence-electron chi connectivity index (χ4n) is 3.23. The third kappa shape index (κ3) is 3.25. The Hall–Kier alpha value is -2.43. The van der Waals surface area contributed by atoms with Crippen LogP contribution in [-0.2, 0) is 6.54 Å². The van der Waals surface area contributed by atoms with Crippen molar-refractivity contribution in [2.45, 2.75) is 38.3 Å². The number of carbonyl (C=O) groups excluding carboxylic acids is 1. The predicted molar refractivity (Wildman–Crippen MR) is 92.8 cm³/mol. The minimum absolute atomic E-state index is 0.0122. The van der Waals surface area contributed by atoms with E-state index < -0.39 is 0 Å². The summed E-state index contributed by atoms with van der Waals surface area (Å²) in [5.41, 5.74) is 1.60. The summed E-state index contributed by atoms with van der Waals surface area (Å²) in [6, 6.07) is 14.2. The zero-order chi connectivity index (χ0) is 16.4. The van der Waals surface area contributed by atoms with Crippen molar-refractivity contribution in [1.82, 2.24) is 15.1 Å². The molecule has 1 saturated heterocycles. The molecule has 0 atom stereocenters. The van der Waals surface area contributed by atoms with Crippen LogP contribution < -0.4 is 4.90 Å². The van der Waals surface area contributed by atoms with Gasteiger partial charge in [0.1, 0.15) is 0 Å². The molecular weight excluding hydrogens is 300 g/mol. The highest BCUT2D eigenvalue weighted by Gasteiger charge is 2.33. The zero-order valence-corrected chi connectivity index (χ0v) is 13.8. The molecule has 2 fully saturated rings. The van der Waals surface area contributed by atoms with E-state index in [0.717, 1.165) is 37.3 Å². The summed E-state index contributed by atoms with van der Waals surface area (Å²) in [4.78, 5) is 17.0. The third-order valence-corrected chi connectivity index (χ3v) is 4.74. The maximum absolute atomic E-state index is 12.9. The van der Waals surface area contributed by atoms with Gasteiger partial charge in [0.05, 0.1) is 0 Å². The largest absolute Gasteiger partial charge is 0.355 e. The van der Waals surface area contributed by atoms with Crippen LogP contribution in [0.5, 0.6) is 0 Å². The van der Waals surface area contributed by atoms with Gasteiger partial charge in [-0.1, -0.05) is 30.3 Å². The molecule has 1 amide bonds. The molecule has 5 nitrogen and oxygen atoms in total. The topological polar surface area (TPSA) is 49.3 Å². The molecule has 2 heterocycles. The second-order valence-corrected chi connectivity index (χ2v) is 6.62. The van der Waals surface area contributed by atoms with Gasteiger partial charge in [-0.25, -0.2) is 0 Å². The van der Waals surface area contributed by atoms with Gasteiger partial charge in [-0.05, 0) is 43.4 Å². The molecule has 1 aromatic heterocycles. The molecule has 0 radical (unpaired) electrons. The normalized spacial score (nSPS) is 17.1. The van der Waals surface area contributed by atoms with Crippen molar-refractivity contribution in [2.24, 2.45) is 0 Å². The molecule has 2 aromatic rings. The van der Waals surface area contributed by atoms with Crippen LogP contribution >= 0.6 is 0 Å². The minimum Gasteiger partial charge on any atom is -0.355 e. The molecule has 1 aliphatic heterocycles. The summed E-state index contributed by atoms with van der Waals surface area (Å²) in [6.45, 7) is 2.70. The molecule has 124 valence electrons. The molecule has 5 heteroatoms. The zero-order valence-electron chi connectivity index (χ0n) is 13.8. The van der Waals surface area contributed by atoms with E-state index in [2.05, 4.69) is 27.2 Å². The second kappa shape index (κ2) is 6.59. The molecule has 1 saturated carbocycles. The lowest BCUT2D eigenvalue weighted by Crippen LogP contribution is -2.33. The summed E-state index contributed by atoms with van der Waals surface area (Å²) in [5.74, 6) is 0.868. The Bertz CT molecular complexity index is 691. The maximum Gasteiger partial charge on any atom is 0.274 e. The second-order valence-electron chi connectivity index (χ2n) is 6.62. The van der Waals surface area contributed by atoms with Crippen LogP contribution in [0.15, 0.2) is 42.5 Å². The fraction of sp³-hybridized carbons (Fsp3) is 0.421. The van der Waals surface area contributed by atoms with Gasteiger partial charge in [0, 0.05) is 25.7 Å². The number of rotatable bonds is 5. The number of anilines is 1. The molecule has 0 spiro atoms. The van der Waals surface area contributed by atoms with Gasteiger partial charge >= 0.3 is 0 Å². The lowest BCUT2D eigenvalue weighted by molar-refractivity contribution is 0.0722. The van der Waals surface area contributed by atoms with E-state index in [1.807, 2.05) is 35.2 Å². The first kappa shape index (κ1) is 15.1. The van der Waals surface area contributed by atoms with Gasteiger partial charge in [-0.2, -0.15) is 0 Å². The minimum atomic E-state index is -0.0122. The summed E-state index contributed by atoms with van der Waals surface area (Å²) in [6.07, 6.45) is 4.57. The third-order valence-electron chi connectivity index (χ3n) is 4.74. The lowest BCUT2D eigenvalue weighted by Gasteiger charge is -2.22. The van der Waals surface area contributed by atoms with E-state index in [4.69, 9.17) is 0 Å². The molecule has 2 aliphatic rings. The highest BCUT2D eigenvalue weighted by molar-refractivity contribution is 5.92. The fourth-order valence-corrected chi connectivity index (χ4v) is 3.23. The van der Waals surface area contributed by atoms with Crippen LogP contribution in [0, 0.1) is 0 Å². The number of hydrogen-bond donors (Lipinski definition) is 0. The molecule has 4 rings (SSSR count). The van der Waals surface area contributed by atoms with Crippen molar-refractivity contribution in [3.05, 3.63) is 53.7 Å². The lowest BCUT2D eigenvalue weighted by atomic mass is 10.2. The van der Waals surface area contributed by atoms with Crippen LogP contribution in [0.2, 0.25) is 0 Å². The van der Waals surface area contributed by atoms with Gasteiger partial charge in [0.2, 0.25) is 0 Å². The Labute approximate surface area is 142 Å². The van der Waals surface area contributed by atoms with Gasteiger partial charge in [-0.15, -0.1) is 10.2 Å². The first-order valence-corrected chi connectivity index (χ1v) is 8.75. The summed E-state index contributed by atoms with van der Waals surface area (Å²) in [7, 11) is 0. The molecule has 1 aromatic carbocycles. The van der Waals surface area contributed by atoms with Crippen LogP contribution in [0.4, 0.5) is 5.82 Å². The summed E-state index contributed by atoms with van der Waals surface area (Å²) >= 11 is 0. The molecule has 1 aliphatic carbocycles. The van der Waals surface area contributed by atoms with Gasteiger partial charge in [0.15, 0.2) is 11.5 Å². The number of nitrogens with zero attached hydrogens (tertiary/aromatic N) is 4. The monoisotopic (exact) mass is 322 g/mol. The maximum atomic E-state index is 12.9. The van der Waals surface area contributed by atoms with Gasteiger partial charge in [-0.3, -0.25) is 4.79 Å². The molecule has 0 unspecified atom stereocenters. The quantitative estimate of drug-likeness (QED) is 0.849. The molecule has 24 heavy (non-hydrogen) atoms. The van der Waals surface area contributed by atoms with Crippen LogP contribution in [-0.4, -0.2) is 40.1 Å². The average molecular weight is 322 g/mol. The van der Waals surface area contributed by atoms with E-state index in [0.29, 0.717) is 18.3 Å². The Morgan fingerprint density at radius 2 is 1.79 bits per heavy atom. The van der Waals surface area contributed by atoms with E-state index >= 15 is 0 Å². The van der Waals surface area contributed by atoms with E-state index in [1.54, 1.807) is 0 Å². The smallest absolute Gasteiger partial charge is 0.274 e. The number of amides is 1. The van der Waals surface area contributed by atoms with E-state index in [-0.39, 0.29) is 5.91 Å². The predicted octanol–water partition coefficient (Wildman–Crippen LogP) is 2.88. The van der Waals surface area contributed by atoms with Crippen LogP contribution in [0.25, 0.3) is 0 Å². The number of carbonyl (C=O) groups is 1. The first-order chi connectivity index (χ1) is 11.8. The Kier molecular flexibility index (Phi) is 4.15. The van der Waals surface area contributed by atoms with Crippen LogP contribution in [0.3, 0.4) is 0 Å². The average Bonchev–Trinajstić information content (AvgIpc) is 3.33.